The average Bonchev–Trinajstić information content (AvgIpc) is 2.76. The molecule has 2 unspecified atom stereocenters. The second kappa shape index (κ2) is 5.20. The third-order valence-electron chi connectivity index (χ3n) is 6.38. The van der Waals surface area contributed by atoms with Crippen LogP contribution >= 0.6 is 0 Å². The zero-order chi connectivity index (χ0) is 19.5. The van der Waals surface area contributed by atoms with Crippen molar-refractivity contribution in [2.24, 2.45) is 10.8 Å². The summed E-state index contributed by atoms with van der Waals surface area (Å²) in [5.74, 6) is -1.30. The third kappa shape index (κ3) is 1.53. The molecule has 6 rings (SSSR count). The Morgan fingerprint density at radius 3 is 1.25 bits per heavy atom. The van der Waals surface area contributed by atoms with E-state index < -0.39 is 22.7 Å². The molecule has 3 aromatic carbocycles. The highest BCUT2D eigenvalue weighted by atomic mass is 14.7. The predicted molar refractivity (Wildman–Crippen MR) is 101 cm³/mol. The second-order valence-electron chi connectivity index (χ2n) is 7.39. The molecule has 0 radical (unpaired) electrons. The molecule has 0 saturated carbocycles. The largest absolute Gasteiger partial charge is 0.196 e. The lowest BCUT2D eigenvalue weighted by molar-refractivity contribution is 0.196. The molecule has 4 nitrogen and oxygen atoms in total. The molecule has 0 heterocycles. The van der Waals surface area contributed by atoms with Crippen molar-refractivity contribution in [3.63, 3.8) is 0 Å². The van der Waals surface area contributed by atoms with Gasteiger partial charge in [0.05, 0.1) is 24.3 Å². The highest BCUT2D eigenvalue weighted by Crippen LogP contribution is 2.69. The van der Waals surface area contributed by atoms with Gasteiger partial charge in [-0.2, -0.15) is 21.0 Å². The molecule has 3 aromatic rings. The van der Waals surface area contributed by atoms with Gasteiger partial charge in [0.2, 0.25) is 0 Å². The van der Waals surface area contributed by atoms with Crippen LogP contribution in [0.25, 0.3) is 10.8 Å². The first-order valence-electron chi connectivity index (χ1n) is 8.94. The molecule has 0 spiro atoms. The topological polar surface area (TPSA) is 95.2 Å². The van der Waals surface area contributed by atoms with E-state index in [1.807, 2.05) is 60.7 Å². The van der Waals surface area contributed by atoms with Gasteiger partial charge in [-0.05, 0) is 33.0 Å². The van der Waals surface area contributed by atoms with Crippen molar-refractivity contribution in [2.45, 2.75) is 11.8 Å². The Kier molecular flexibility index (Phi) is 2.99. The van der Waals surface area contributed by atoms with Crippen LogP contribution < -0.4 is 0 Å². The molecule has 0 amide bonds. The zero-order valence-corrected chi connectivity index (χ0v) is 14.7. The molecule has 3 aliphatic carbocycles. The minimum absolute atomic E-state index is 0.650. The van der Waals surface area contributed by atoms with E-state index >= 15 is 0 Å². The molecule has 128 valence electrons. The summed E-state index contributed by atoms with van der Waals surface area (Å²) in [5, 5.41) is 42.6. The van der Waals surface area contributed by atoms with Crippen LogP contribution in [0.4, 0.5) is 0 Å². The Morgan fingerprint density at radius 2 is 0.893 bits per heavy atom. The molecule has 4 heteroatoms. The molecule has 0 N–H and O–H groups in total. The molecular weight excluding hydrogens is 344 g/mol. The molecule has 0 saturated heterocycles. The summed E-state index contributed by atoms with van der Waals surface area (Å²) >= 11 is 0. The van der Waals surface area contributed by atoms with Crippen LogP contribution in [0.1, 0.15) is 34.1 Å². The summed E-state index contributed by atoms with van der Waals surface area (Å²) in [6.07, 6.45) is 0. The molecule has 28 heavy (non-hydrogen) atoms. The highest BCUT2D eigenvalue weighted by molar-refractivity contribution is 5.86. The maximum atomic E-state index is 10.2. The van der Waals surface area contributed by atoms with Crippen molar-refractivity contribution in [1.29, 1.82) is 21.0 Å². The Morgan fingerprint density at radius 1 is 0.536 bits per heavy atom. The number of hydrogen-bond donors (Lipinski definition) is 0. The summed E-state index contributed by atoms with van der Waals surface area (Å²) in [4.78, 5) is 0. The summed E-state index contributed by atoms with van der Waals surface area (Å²) in [5.41, 5.74) is -0.0899. The van der Waals surface area contributed by atoms with E-state index in [0.717, 1.165) is 33.0 Å². The molecular formula is C24H12N4. The average molecular weight is 356 g/mol. The van der Waals surface area contributed by atoms with Gasteiger partial charge in [-0.1, -0.05) is 60.7 Å². The summed E-state index contributed by atoms with van der Waals surface area (Å²) in [6, 6.07) is 27.9. The maximum Gasteiger partial charge on any atom is 0.187 e. The maximum absolute atomic E-state index is 10.2. The van der Waals surface area contributed by atoms with Gasteiger partial charge in [-0.15, -0.1) is 0 Å². The van der Waals surface area contributed by atoms with Crippen LogP contribution in [0.2, 0.25) is 0 Å². The van der Waals surface area contributed by atoms with Crippen LogP contribution in [0.15, 0.2) is 60.7 Å². The van der Waals surface area contributed by atoms with Crippen LogP contribution in [-0.4, -0.2) is 0 Å². The van der Waals surface area contributed by atoms with Crippen LogP contribution in [0, 0.1) is 56.2 Å². The van der Waals surface area contributed by atoms with Crippen molar-refractivity contribution in [3.8, 4) is 24.3 Å². The lowest BCUT2D eigenvalue weighted by atomic mass is 9.42. The molecule has 2 atom stereocenters. The first-order valence-corrected chi connectivity index (χ1v) is 8.94. The number of nitriles is 4. The number of hydrogen-bond acceptors (Lipinski definition) is 4. The molecule has 0 fully saturated rings. The molecule has 0 aromatic heterocycles. The zero-order valence-electron chi connectivity index (χ0n) is 14.7. The van der Waals surface area contributed by atoms with Gasteiger partial charge >= 0.3 is 0 Å². The van der Waals surface area contributed by atoms with E-state index in [-0.39, 0.29) is 0 Å². The van der Waals surface area contributed by atoms with Crippen LogP contribution in [-0.2, 0) is 0 Å². The van der Waals surface area contributed by atoms with Gasteiger partial charge in [0.25, 0.3) is 0 Å². The van der Waals surface area contributed by atoms with Gasteiger partial charge in [0, 0.05) is 11.8 Å². The van der Waals surface area contributed by atoms with Crippen LogP contribution in [0.3, 0.4) is 0 Å². The first kappa shape index (κ1) is 16.1. The summed E-state index contributed by atoms with van der Waals surface area (Å²) in [6.45, 7) is 0. The predicted octanol–water partition coefficient (Wildman–Crippen LogP) is 4.50. The Labute approximate surface area is 162 Å². The minimum Gasteiger partial charge on any atom is -0.196 e. The quantitative estimate of drug-likeness (QED) is 0.592. The third-order valence-corrected chi connectivity index (χ3v) is 6.38. The Balaban J connectivity index is 2.02. The van der Waals surface area contributed by atoms with E-state index in [9.17, 15) is 21.0 Å². The summed E-state index contributed by atoms with van der Waals surface area (Å²) < 4.78 is 0. The molecule has 3 aliphatic rings. The number of fused-ring (bicyclic) bond motifs is 2. The Bertz CT molecular complexity index is 1210. The second-order valence-corrected chi connectivity index (χ2v) is 7.39. The van der Waals surface area contributed by atoms with Gasteiger partial charge < -0.3 is 0 Å². The van der Waals surface area contributed by atoms with Crippen molar-refractivity contribution >= 4 is 10.8 Å². The number of nitrogens with zero attached hydrogens (tertiary/aromatic N) is 4. The highest BCUT2D eigenvalue weighted by Gasteiger charge is 2.70. The van der Waals surface area contributed by atoms with E-state index in [2.05, 4.69) is 24.3 Å². The lowest BCUT2D eigenvalue weighted by Gasteiger charge is -2.53. The fourth-order valence-corrected chi connectivity index (χ4v) is 5.20. The smallest absolute Gasteiger partial charge is 0.187 e. The first-order chi connectivity index (χ1) is 13.7. The van der Waals surface area contributed by atoms with E-state index in [1.165, 1.54) is 0 Å². The van der Waals surface area contributed by atoms with Gasteiger partial charge in [-0.3, -0.25) is 0 Å². The number of rotatable bonds is 0. The van der Waals surface area contributed by atoms with E-state index in [1.54, 1.807) is 0 Å². The van der Waals surface area contributed by atoms with E-state index in [0.29, 0.717) is 0 Å². The van der Waals surface area contributed by atoms with E-state index in [4.69, 9.17) is 0 Å². The summed E-state index contributed by atoms with van der Waals surface area (Å²) in [7, 11) is 0. The fourth-order valence-electron chi connectivity index (χ4n) is 5.20. The molecule has 0 aliphatic heterocycles. The minimum atomic E-state index is -1.77. The lowest BCUT2D eigenvalue weighted by Crippen LogP contribution is -2.54. The van der Waals surface area contributed by atoms with Crippen molar-refractivity contribution in [1.82, 2.24) is 0 Å². The Hall–Kier alpha value is -4.12. The van der Waals surface area contributed by atoms with Gasteiger partial charge in [0.1, 0.15) is 0 Å². The fraction of sp³-hybridized carbons (Fsp3) is 0.167. The van der Waals surface area contributed by atoms with Gasteiger partial charge in [-0.25, -0.2) is 0 Å². The monoisotopic (exact) mass is 356 g/mol. The standard InChI is InChI=1S/C24H12N4/c25-11-23(12-26)21-17-7-3-4-8-18(17)22(24(23,13-27)14-28)20-10-16-6-2-1-5-15(16)9-19(20)21/h1-10,21-22H. The molecule has 2 bridgehead atoms. The number of benzene rings is 3. The van der Waals surface area contributed by atoms with Gasteiger partial charge in [0.15, 0.2) is 10.8 Å². The normalized spacial score (nSPS) is 22.0. The SMILES string of the molecule is N#CC1(C#N)C2c3ccccc3C(c3cc4ccccc4cc32)C1(C#N)C#N. The van der Waals surface area contributed by atoms with Crippen molar-refractivity contribution < 1.29 is 0 Å². The van der Waals surface area contributed by atoms with Crippen molar-refractivity contribution in [3.05, 3.63) is 82.9 Å². The van der Waals surface area contributed by atoms with Crippen molar-refractivity contribution in [2.75, 3.05) is 0 Å². The van der Waals surface area contributed by atoms with Crippen LogP contribution in [0.5, 0.6) is 0 Å².